The Morgan fingerprint density at radius 3 is 2.65 bits per heavy atom. The highest BCUT2D eigenvalue weighted by Crippen LogP contribution is 2.22. The lowest BCUT2D eigenvalue weighted by atomic mass is 10.0. The molecule has 20 heavy (non-hydrogen) atoms. The summed E-state index contributed by atoms with van der Waals surface area (Å²) in [6, 6.07) is 16.1. The lowest BCUT2D eigenvalue weighted by molar-refractivity contribution is 0.0407. The molecule has 0 amide bonds. The average Bonchev–Trinajstić information content (AvgIpc) is 2.44. The maximum absolute atomic E-state index is 6.07. The molecule has 2 rings (SSSR count). The van der Waals surface area contributed by atoms with Gasteiger partial charge in [0.25, 0.3) is 0 Å². The monoisotopic (exact) mass is 289 g/mol. The average molecular weight is 290 g/mol. The molecule has 0 aromatic heterocycles. The maximum Gasteiger partial charge on any atom is 0.0956 e. The summed E-state index contributed by atoms with van der Waals surface area (Å²) in [5.74, 6) is 0. The van der Waals surface area contributed by atoms with Crippen molar-refractivity contribution in [2.45, 2.75) is 19.6 Å². The number of benzene rings is 2. The van der Waals surface area contributed by atoms with Gasteiger partial charge in [-0.05, 0) is 42.8 Å². The number of aryl methyl sites for hydroxylation is 1. The first-order valence-corrected chi connectivity index (χ1v) is 7.14. The second kappa shape index (κ2) is 7.44. The summed E-state index contributed by atoms with van der Waals surface area (Å²) >= 11 is 6.00. The lowest BCUT2D eigenvalue weighted by Crippen LogP contribution is -2.20. The molecule has 1 unspecified atom stereocenters. The molecule has 1 atom stereocenters. The van der Waals surface area contributed by atoms with Gasteiger partial charge in [0.15, 0.2) is 0 Å². The van der Waals surface area contributed by atoms with Gasteiger partial charge < -0.3 is 10.1 Å². The number of rotatable bonds is 6. The smallest absolute Gasteiger partial charge is 0.0956 e. The van der Waals surface area contributed by atoms with Crippen LogP contribution in [0.1, 0.15) is 22.8 Å². The Labute approximate surface area is 125 Å². The van der Waals surface area contributed by atoms with Crippen LogP contribution in [-0.4, -0.2) is 13.6 Å². The number of hydrogen-bond donors (Lipinski definition) is 1. The number of likely N-dealkylation sites (N-methyl/N-ethyl adjacent to an activating group) is 1. The van der Waals surface area contributed by atoms with Crippen molar-refractivity contribution in [2.75, 3.05) is 13.6 Å². The molecule has 3 heteroatoms. The van der Waals surface area contributed by atoms with Crippen LogP contribution in [0.25, 0.3) is 0 Å². The van der Waals surface area contributed by atoms with Gasteiger partial charge in [-0.2, -0.15) is 0 Å². The van der Waals surface area contributed by atoms with Gasteiger partial charge in [0, 0.05) is 11.6 Å². The van der Waals surface area contributed by atoms with E-state index in [9.17, 15) is 0 Å². The fourth-order valence-electron chi connectivity index (χ4n) is 2.22. The van der Waals surface area contributed by atoms with E-state index in [1.54, 1.807) is 0 Å². The zero-order valence-corrected chi connectivity index (χ0v) is 12.7. The van der Waals surface area contributed by atoms with Crippen LogP contribution in [0.2, 0.25) is 5.02 Å². The molecular weight excluding hydrogens is 270 g/mol. The first-order chi connectivity index (χ1) is 9.70. The van der Waals surface area contributed by atoms with Crippen LogP contribution in [0.15, 0.2) is 48.5 Å². The van der Waals surface area contributed by atoms with Crippen molar-refractivity contribution >= 4 is 11.6 Å². The molecule has 0 spiro atoms. The molecule has 0 aliphatic carbocycles. The highest BCUT2D eigenvalue weighted by Gasteiger charge is 2.13. The normalized spacial score (nSPS) is 12.3. The highest BCUT2D eigenvalue weighted by molar-refractivity contribution is 6.30. The van der Waals surface area contributed by atoms with Crippen LogP contribution in [0.5, 0.6) is 0 Å². The molecule has 0 heterocycles. The highest BCUT2D eigenvalue weighted by atomic mass is 35.5. The van der Waals surface area contributed by atoms with Crippen molar-refractivity contribution in [2.24, 2.45) is 0 Å². The standard InChI is InChI=1S/C17H20ClNO/c1-13-6-3-4-9-16(13)17(11-19-2)20-12-14-7-5-8-15(18)10-14/h3-10,17,19H,11-12H2,1-2H3. The molecule has 2 nitrogen and oxygen atoms in total. The SMILES string of the molecule is CNCC(OCc1cccc(Cl)c1)c1ccccc1C. The van der Waals surface area contributed by atoms with Gasteiger partial charge >= 0.3 is 0 Å². The molecular formula is C17H20ClNO. The third kappa shape index (κ3) is 4.07. The molecule has 0 saturated heterocycles. The quantitative estimate of drug-likeness (QED) is 0.863. The van der Waals surface area contributed by atoms with E-state index >= 15 is 0 Å². The first-order valence-electron chi connectivity index (χ1n) is 6.77. The van der Waals surface area contributed by atoms with E-state index < -0.39 is 0 Å². The molecule has 2 aromatic rings. The summed E-state index contributed by atoms with van der Waals surface area (Å²) in [6.07, 6.45) is 0.0418. The molecule has 0 saturated carbocycles. The van der Waals surface area contributed by atoms with Crippen molar-refractivity contribution in [3.05, 3.63) is 70.2 Å². The molecule has 0 fully saturated rings. The Bertz CT molecular complexity index is 556. The summed E-state index contributed by atoms with van der Waals surface area (Å²) in [4.78, 5) is 0. The van der Waals surface area contributed by atoms with Crippen molar-refractivity contribution in [3.63, 3.8) is 0 Å². The number of nitrogens with one attached hydrogen (secondary N) is 1. The van der Waals surface area contributed by atoms with E-state index in [0.29, 0.717) is 6.61 Å². The van der Waals surface area contributed by atoms with E-state index in [1.807, 2.05) is 43.4 Å². The van der Waals surface area contributed by atoms with E-state index in [0.717, 1.165) is 17.1 Å². The van der Waals surface area contributed by atoms with Crippen LogP contribution >= 0.6 is 11.6 Å². The fraction of sp³-hybridized carbons (Fsp3) is 0.294. The van der Waals surface area contributed by atoms with Crippen LogP contribution in [-0.2, 0) is 11.3 Å². The molecule has 0 aliphatic rings. The predicted molar refractivity (Wildman–Crippen MR) is 84.1 cm³/mol. The summed E-state index contributed by atoms with van der Waals surface area (Å²) in [5, 5.41) is 3.93. The van der Waals surface area contributed by atoms with Gasteiger partial charge in [0.2, 0.25) is 0 Å². The van der Waals surface area contributed by atoms with Gasteiger partial charge in [0.1, 0.15) is 0 Å². The minimum absolute atomic E-state index is 0.0418. The van der Waals surface area contributed by atoms with Gasteiger partial charge in [-0.15, -0.1) is 0 Å². The van der Waals surface area contributed by atoms with Crippen molar-refractivity contribution in [3.8, 4) is 0 Å². The second-order valence-electron chi connectivity index (χ2n) is 4.84. The summed E-state index contributed by atoms with van der Waals surface area (Å²) in [6.45, 7) is 3.45. The minimum atomic E-state index is 0.0418. The summed E-state index contributed by atoms with van der Waals surface area (Å²) in [5.41, 5.74) is 3.56. The van der Waals surface area contributed by atoms with Crippen molar-refractivity contribution in [1.29, 1.82) is 0 Å². The molecule has 1 N–H and O–H groups in total. The Kier molecular flexibility index (Phi) is 5.60. The van der Waals surface area contributed by atoms with Crippen LogP contribution in [0.3, 0.4) is 0 Å². The Morgan fingerprint density at radius 1 is 1.15 bits per heavy atom. The number of halogens is 1. The first kappa shape index (κ1) is 15.0. The number of hydrogen-bond acceptors (Lipinski definition) is 2. The topological polar surface area (TPSA) is 21.3 Å². The molecule has 2 aromatic carbocycles. The molecule has 106 valence electrons. The largest absolute Gasteiger partial charge is 0.368 e. The predicted octanol–water partition coefficient (Wildman–Crippen LogP) is 4.13. The lowest BCUT2D eigenvalue weighted by Gasteiger charge is -2.20. The third-order valence-corrected chi connectivity index (χ3v) is 3.50. The zero-order chi connectivity index (χ0) is 14.4. The van der Waals surface area contributed by atoms with Gasteiger partial charge in [0.05, 0.1) is 12.7 Å². The van der Waals surface area contributed by atoms with E-state index in [4.69, 9.17) is 16.3 Å². The summed E-state index contributed by atoms with van der Waals surface area (Å²) in [7, 11) is 1.94. The number of ether oxygens (including phenoxy) is 1. The molecule has 0 radical (unpaired) electrons. The van der Waals surface area contributed by atoms with E-state index in [2.05, 4.69) is 24.4 Å². The van der Waals surface area contributed by atoms with Crippen molar-refractivity contribution < 1.29 is 4.74 Å². The minimum Gasteiger partial charge on any atom is -0.368 e. The molecule has 0 bridgehead atoms. The van der Waals surface area contributed by atoms with Gasteiger partial charge in [-0.25, -0.2) is 0 Å². The Balaban J connectivity index is 2.08. The maximum atomic E-state index is 6.07. The van der Waals surface area contributed by atoms with Gasteiger partial charge in [-0.3, -0.25) is 0 Å². The van der Waals surface area contributed by atoms with Gasteiger partial charge in [-0.1, -0.05) is 48.0 Å². The van der Waals surface area contributed by atoms with E-state index in [1.165, 1.54) is 11.1 Å². The van der Waals surface area contributed by atoms with E-state index in [-0.39, 0.29) is 6.10 Å². The Morgan fingerprint density at radius 2 is 1.95 bits per heavy atom. The summed E-state index contributed by atoms with van der Waals surface area (Å²) < 4.78 is 6.07. The van der Waals surface area contributed by atoms with Crippen LogP contribution in [0, 0.1) is 6.92 Å². The zero-order valence-electron chi connectivity index (χ0n) is 11.9. The van der Waals surface area contributed by atoms with Crippen LogP contribution in [0.4, 0.5) is 0 Å². The van der Waals surface area contributed by atoms with Crippen LogP contribution < -0.4 is 5.32 Å². The second-order valence-corrected chi connectivity index (χ2v) is 5.28. The third-order valence-electron chi connectivity index (χ3n) is 3.27. The molecule has 0 aliphatic heterocycles. The Hall–Kier alpha value is -1.35. The fourth-order valence-corrected chi connectivity index (χ4v) is 2.43. The van der Waals surface area contributed by atoms with Crippen molar-refractivity contribution in [1.82, 2.24) is 5.32 Å².